The number of benzene rings is 1. The van der Waals surface area contributed by atoms with Gasteiger partial charge in [0.15, 0.2) is 5.78 Å². The van der Waals surface area contributed by atoms with Crippen molar-refractivity contribution >= 4 is 16.7 Å². The highest BCUT2D eigenvalue weighted by Gasteiger charge is 2.35. The van der Waals surface area contributed by atoms with Gasteiger partial charge in [0.05, 0.1) is 12.7 Å². The SMILES string of the molecule is COc1cc(C)[nH]c(=O)c1CCC(=O)c1c(C)n([C@H](C)C2CCN(CC3(C)CCC3)CC2)c2ccccc12. The summed E-state index contributed by atoms with van der Waals surface area (Å²) in [5.41, 5.74) is 4.61. The first-order valence-electron chi connectivity index (χ1n) is 14.3. The zero-order valence-electron chi connectivity index (χ0n) is 23.7. The van der Waals surface area contributed by atoms with E-state index in [0.717, 1.165) is 27.9 Å². The number of aromatic nitrogens is 2. The minimum Gasteiger partial charge on any atom is -0.496 e. The van der Waals surface area contributed by atoms with Gasteiger partial charge in [-0.3, -0.25) is 9.59 Å². The van der Waals surface area contributed by atoms with Gasteiger partial charge in [0.25, 0.3) is 5.56 Å². The molecule has 0 radical (unpaired) electrons. The Labute approximate surface area is 226 Å². The molecule has 1 aliphatic carbocycles. The Hall–Kier alpha value is -2.86. The summed E-state index contributed by atoms with van der Waals surface area (Å²) in [6.45, 7) is 12.3. The van der Waals surface area contributed by atoms with Crippen molar-refractivity contribution in [2.45, 2.75) is 78.7 Å². The normalized spacial score (nSPS) is 18.9. The van der Waals surface area contributed by atoms with Gasteiger partial charge < -0.3 is 19.2 Å². The molecule has 5 rings (SSSR count). The second-order valence-electron chi connectivity index (χ2n) is 12.1. The first kappa shape index (κ1) is 26.7. The van der Waals surface area contributed by atoms with Crippen molar-refractivity contribution < 1.29 is 9.53 Å². The number of pyridine rings is 1. The van der Waals surface area contributed by atoms with Crippen LogP contribution in [0.1, 0.15) is 85.7 Å². The zero-order chi connectivity index (χ0) is 27.0. The summed E-state index contributed by atoms with van der Waals surface area (Å²) in [5.74, 6) is 1.22. The first-order valence-corrected chi connectivity index (χ1v) is 14.3. The molecule has 1 saturated carbocycles. The molecule has 6 nitrogen and oxygen atoms in total. The quantitative estimate of drug-likeness (QED) is 0.342. The number of aryl methyl sites for hydroxylation is 1. The Kier molecular flexibility index (Phi) is 7.54. The van der Waals surface area contributed by atoms with Crippen LogP contribution < -0.4 is 10.3 Å². The van der Waals surface area contributed by atoms with Crippen LogP contribution in [-0.2, 0) is 6.42 Å². The van der Waals surface area contributed by atoms with Gasteiger partial charge >= 0.3 is 0 Å². The van der Waals surface area contributed by atoms with Crippen molar-refractivity contribution in [2.24, 2.45) is 11.3 Å². The third-order valence-corrected chi connectivity index (χ3v) is 9.37. The highest BCUT2D eigenvalue weighted by molar-refractivity contribution is 6.09. The van der Waals surface area contributed by atoms with Gasteiger partial charge in [-0.2, -0.15) is 0 Å². The molecule has 204 valence electrons. The van der Waals surface area contributed by atoms with Crippen LogP contribution in [0.2, 0.25) is 0 Å². The average molecular weight is 518 g/mol. The van der Waals surface area contributed by atoms with E-state index in [-0.39, 0.29) is 17.8 Å². The summed E-state index contributed by atoms with van der Waals surface area (Å²) in [5, 5.41) is 1.02. The fraction of sp³-hybridized carbons (Fsp3) is 0.562. The van der Waals surface area contributed by atoms with E-state index in [1.54, 1.807) is 7.11 Å². The van der Waals surface area contributed by atoms with E-state index in [0.29, 0.717) is 35.1 Å². The maximum atomic E-state index is 13.7. The van der Waals surface area contributed by atoms with Crippen LogP contribution in [0.25, 0.3) is 10.9 Å². The van der Waals surface area contributed by atoms with E-state index in [1.165, 1.54) is 51.7 Å². The maximum Gasteiger partial charge on any atom is 0.255 e. The highest BCUT2D eigenvalue weighted by Crippen LogP contribution is 2.42. The Morgan fingerprint density at radius 3 is 2.55 bits per heavy atom. The van der Waals surface area contributed by atoms with Gasteiger partial charge in [0, 0.05) is 46.9 Å². The monoisotopic (exact) mass is 517 g/mol. The molecule has 2 aliphatic rings. The first-order chi connectivity index (χ1) is 18.2. The number of ether oxygens (including phenoxy) is 1. The second kappa shape index (κ2) is 10.7. The van der Waals surface area contributed by atoms with E-state index in [9.17, 15) is 9.59 Å². The number of hydrogen-bond donors (Lipinski definition) is 1. The number of rotatable bonds is 9. The lowest BCUT2D eigenvalue weighted by molar-refractivity contribution is 0.0575. The molecule has 0 unspecified atom stereocenters. The Morgan fingerprint density at radius 2 is 1.89 bits per heavy atom. The summed E-state index contributed by atoms with van der Waals surface area (Å²) in [6.07, 6.45) is 7.15. The molecule has 1 atom stereocenters. The summed E-state index contributed by atoms with van der Waals surface area (Å²) < 4.78 is 7.86. The number of aromatic amines is 1. The molecule has 0 spiro atoms. The molecule has 1 saturated heterocycles. The van der Waals surface area contributed by atoms with Crippen LogP contribution >= 0.6 is 0 Å². The molecule has 0 bridgehead atoms. The van der Waals surface area contributed by atoms with Crippen molar-refractivity contribution in [3.63, 3.8) is 0 Å². The number of methoxy groups -OCH3 is 1. The number of fused-ring (bicyclic) bond motifs is 1. The molecular formula is C32H43N3O3. The third kappa shape index (κ3) is 5.07. The molecule has 38 heavy (non-hydrogen) atoms. The number of carbonyl (C=O) groups is 1. The molecule has 1 N–H and O–H groups in total. The number of likely N-dealkylation sites (tertiary alicyclic amines) is 1. The number of nitrogens with one attached hydrogen (secondary N) is 1. The molecule has 1 aromatic carbocycles. The number of ketones is 1. The number of para-hydroxylation sites is 1. The van der Waals surface area contributed by atoms with Crippen LogP contribution in [0.3, 0.4) is 0 Å². The average Bonchev–Trinajstić information content (AvgIpc) is 3.18. The molecule has 3 aromatic rings. The van der Waals surface area contributed by atoms with E-state index in [4.69, 9.17) is 4.74 Å². The van der Waals surface area contributed by atoms with Crippen LogP contribution in [0.4, 0.5) is 0 Å². The number of nitrogens with zero attached hydrogens (tertiary/aromatic N) is 2. The lowest BCUT2D eigenvalue weighted by atomic mass is 9.70. The van der Waals surface area contributed by atoms with Gasteiger partial charge in [-0.05, 0) is 89.4 Å². The minimum atomic E-state index is -0.180. The molecule has 3 heterocycles. The van der Waals surface area contributed by atoms with Gasteiger partial charge in [-0.25, -0.2) is 0 Å². The summed E-state index contributed by atoms with van der Waals surface area (Å²) in [7, 11) is 1.57. The number of hydrogen-bond acceptors (Lipinski definition) is 4. The number of carbonyl (C=O) groups excluding carboxylic acids is 1. The third-order valence-electron chi connectivity index (χ3n) is 9.37. The summed E-state index contributed by atoms with van der Waals surface area (Å²) >= 11 is 0. The van der Waals surface area contributed by atoms with Crippen molar-refractivity contribution in [2.75, 3.05) is 26.7 Å². The van der Waals surface area contributed by atoms with E-state index in [2.05, 4.69) is 53.4 Å². The predicted molar refractivity (Wildman–Crippen MR) is 154 cm³/mol. The van der Waals surface area contributed by atoms with Crippen molar-refractivity contribution in [1.29, 1.82) is 0 Å². The van der Waals surface area contributed by atoms with Crippen molar-refractivity contribution in [1.82, 2.24) is 14.5 Å². The van der Waals surface area contributed by atoms with Crippen LogP contribution in [0.5, 0.6) is 5.75 Å². The lowest BCUT2D eigenvalue weighted by Gasteiger charge is -2.45. The zero-order valence-corrected chi connectivity index (χ0v) is 23.7. The topological polar surface area (TPSA) is 67.3 Å². The van der Waals surface area contributed by atoms with E-state index >= 15 is 0 Å². The highest BCUT2D eigenvalue weighted by atomic mass is 16.5. The molecule has 0 amide bonds. The number of piperidine rings is 1. The number of H-pyrrole nitrogens is 1. The van der Waals surface area contributed by atoms with Crippen molar-refractivity contribution in [3.8, 4) is 5.75 Å². The van der Waals surface area contributed by atoms with E-state index in [1.807, 2.05) is 19.1 Å². The molecule has 1 aliphatic heterocycles. The fourth-order valence-electron chi connectivity index (χ4n) is 7.02. The molecule has 6 heteroatoms. The van der Waals surface area contributed by atoms with Gasteiger partial charge in [-0.15, -0.1) is 0 Å². The molecule has 2 fully saturated rings. The molecule has 2 aromatic heterocycles. The summed E-state index contributed by atoms with van der Waals surface area (Å²) in [4.78, 5) is 31.8. The largest absolute Gasteiger partial charge is 0.496 e. The Bertz CT molecular complexity index is 1370. The Balaban J connectivity index is 1.35. The van der Waals surface area contributed by atoms with Crippen molar-refractivity contribution in [3.05, 3.63) is 63.2 Å². The fourth-order valence-corrected chi connectivity index (χ4v) is 7.02. The van der Waals surface area contributed by atoms with Crippen LogP contribution in [-0.4, -0.2) is 47.0 Å². The predicted octanol–water partition coefficient (Wildman–Crippen LogP) is 6.23. The summed E-state index contributed by atoms with van der Waals surface area (Å²) in [6, 6.07) is 10.4. The van der Waals surface area contributed by atoms with Gasteiger partial charge in [0.2, 0.25) is 0 Å². The van der Waals surface area contributed by atoms with Crippen LogP contribution in [0, 0.1) is 25.2 Å². The van der Waals surface area contributed by atoms with E-state index < -0.39 is 0 Å². The minimum absolute atomic E-state index is 0.0789. The smallest absolute Gasteiger partial charge is 0.255 e. The standard InChI is InChI=1S/C32H43N3O3/c1-21-19-29(38-5)26(31(37)33-21)11-12-28(36)30-23(3)35(27-10-7-6-9-25(27)30)22(2)24-13-17-34(18-14-24)20-32(4)15-8-16-32/h6-7,9-10,19,22,24H,8,11-18,20H2,1-5H3,(H,33,37)/t22-/m1/s1. The molecular weight excluding hydrogens is 474 g/mol. The van der Waals surface area contributed by atoms with Gasteiger partial charge in [0.1, 0.15) is 5.75 Å². The number of Topliss-reactive ketones (excluding diaryl/α,β-unsaturated/α-hetero) is 1. The van der Waals surface area contributed by atoms with Crippen LogP contribution in [0.15, 0.2) is 35.1 Å². The van der Waals surface area contributed by atoms with Gasteiger partial charge in [-0.1, -0.05) is 31.5 Å². The second-order valence-corrected chi connectivity index (χ2v) is 12.1. The lowest BCUT2D eigenvalue weighted by Crippen LogP contribution is -2.44. The Morgan fingerprint density at radius 1 is 1.18 bits per heavy atom. The maximum absolute atomic E-state index is 13.7.